The van der Waals surface area contributed by atoms with E-state index in [1.807, 2.05) is 0 Å². The van der Waals surface area contributed by atoms with Gasteiger partial charge in [0.05, 0.1) is 4.87 Å². The normalized spacial score (nSPS) is 14.0. The molecule has 0 saturated heterocycles. The fourth-order valence-electron chi connectivity index (χ4n) is 3.39. The summed E-state index contributed by atoms with van der Waals surface area (Å²) in [6, 6.07) is 6.51. The maximum absolute atomic E-state index is 6.85. The number of rotatable bonds is 12. The van der Waals surface area contributed by atoms with Gasteiger partial charge in [0.25, 0.3) is 0 Å². The molecule has 1 aromatic carbocycles. The predicted octanol–water partition coefficient (Wildman–Crippen LogP) is 8.07. The van der Waals surface area contributed by atoms with Gasteiger partial charge in [-0.15, -0.1) is 11.6 Å². The van der Waals surface area contributed by atoms with Gasteiger partial charge in [0.2, 0.25) is 0 Å². The zero-order chi connectivity index (χ0) is 17.1. The van der Waals surface area contributed by atoms with E-state index in [1.54, 1.807) is 0 Å². The molecular weight excluding hydrogens is 300 g/mol. The van der Waals surface area contributed by atoms with E-state index in [-0.39, 0.29) is 4.87 Å². The molecule has 0 heterocycles. The van der Waals surface area contributed by atoms with Crippen molar-refractivity contribution >= 4 is 11.6 Å². The molecule has 0 nitrogen and oxygen atoms in total. The Hall–Kier alpha value is -0.490. The van der Waals surface area contributed by atoms with Crippen molar-refractivity contribution in [2.24, 2.45) is 0 Å². The van der Waals surface area contributed by atoms with Crippen LogP contribution in [0.25, 0.3) is 0 Å². The first kappa shape index (κ1) is 20.6. The molecule has 1 heteroatoms. The van der Waals surface area contributed by atoms with Gasteiger partial charge in [-0.2, -0.15) is 0 Å². The van der Waals surface area contributed by atoms with Crippen molar-refractivity contribution in [3.63, 3.8) is 0 Å². The van der Waals surface area contributed by atoms with Crippen LogP contribution in [0.3, 0.4) is 0 Å². The first-order chi connectivity index (χ1) is 11.0. The van der Waals surface area contributed by atoms with E-state index in [0.29, 0.717) is 0 Å². The number of alkyl halides is 1. The predicted molar refractivity (Wildman–Crippen MR) is 106 cm³/mol. The summed E-state index contributed by atoms with van der Waals surface area (Å²) in [6.45, 7) is 8.84. The SMILES string of the molecule is CCCCCCCCCCCCC(C)(Cl)c1cccc(C)c1C. The average Bonchev–Trinajstić information content (AvgIpc) is 2.51. The Morgan fingerprint density at radius 1 is 0.826 bits per heavy atom. The fourth-order valence-corrected chi connectivity index (χ4v) is 3.73. The van der Waals surface area contributed by atoms with Crippen LogP contribution in [0.4, 0.5) is 0 Å². The number of halogens is 1. The third kappa shape index (κ3) is 7.75. The molecule has 23 heavy (non-hydrogen) atoms. The molecule has 0 fully saturated rings. The summed E-state index contributed by atoms with van der Waals surface area (Å²) in [7, 11) is 0. The number of benzene rings is 1. The molecular formula is C22H37Cl. The van der Waals surface area contributed by atoms with Crippen LogP contribution in [-0.4, -0.2) is 0 Å². The third-order valence-electron chi connectivity index (χ3n) is 5.17. The highest BCUT2D eigenvalue weighted by atomic mass is 35.5. The van der Waals surface area contributed by atoms with Gasteiger partial charge in [-0.1, -0.05) is 89.3 Å². The first-order valence-electron chi connectivity index (χ1n) is 9.74. The van der Waals surface area contributed by atoms with E-state index in [0.717, 1.165) is 6.42 Å². The van der Waals surface area contributed by atoms with Crippen molar-refractivity contribution in [1.29, 1.82) is 0 Å². The molecule has 1 atom stereocenters. The van der Waals surface area contributed by atoms with Gasteiger partial charge in [0, 0.05) is 0 Å². The third-order valence-corrected chi connectivity index (χ3v) is 5.56. The highest BCUT2D eigenvalue weighted by molar-refractivity contribution is 6.23. The minimum absolute atomic E-state index is 0.212. The molecule has 1 unspecified atom stereocenters. The van der Waals surface area contributed by atoms with Crippen molar-refractivity contribution < 1.29 is 0 Å². The Bertz CT molecular complexity index is 434. The molecule has 0 aromatic heterocycles. The Morgan fingerprint density at radius 2 is 1.35 bits per heavy atom. The molecule has 0 radical (unpaired) electrons. The Labute approximate surface area is 150 Å². The highest BCUT2D eigenvalue weighted by Gasteiger charge is 2.24. The number of hydrogen-bond acceptors (Lipinski definition) is 0. The van der Waals surface area contributed by atoms with Crippen LogP contribution in [0.15, 0.2) is 18.2 Å². The molecule has 0 aliphatic rings. The molecule has 0 aliphatic carbocycles. The molecule has 0 spiro atoms. The smallest absolute Gasteiger partial charge is 0.0669 e. The Morgan fingerprint density at radius 3 is 1.91 bits per heavy atom. The van der Waals surface area contributed by atoms with Crippen molar-refractivity contribution in [3.8, 4) is 0 Å². The minimum Gasteiger partial charge on any atom is -0.114 e. The minimum atomic E-state index is -0.212. The molecule has 0 bridgehead atoms. The van der Waals surface area contributed by atoms with Gasteiger partial charge in [-0.3, -0.25) is 0 Å². The highest BCUT2D eigenvalue weighted by Crippen LogP contribution is 2.36. The van der Waals surface area contributed by atoms with Gasteiger partial charge >= 0.3 is 0 Å². The quantitative estimate of drug-likeness (QED) is 0.267. The Kier molecular flexibility index (Phi) is 9.95. The van der Waals surface area contributed by atoms with E-state index in [9.17, 15) is 0 Å². The van der Waals surface area contributed by atoms with E-state index < -0.39 is 0 Å². The van der Waals surface area contributed by atoms with Crippen molar-refractivity contribution in [1.82, 2.24) is 0 Å². The van der Waals surface area contributed by atoms with Gasteiger partial charge in [0.15, 0.2) is 0 Å². The Balaban J connectivity index is 2.18. The lowest BCUT2D eigenvalue weighted by molar-refractivity contribution is 0.513. The van der Waals surface area contributed by atoms with Crippen LogP contribution < -0.4 is 0 Å². The van der Waals surface area contributed by atoms with Gasteiger partial charge < -0.3 is 0 Å². The second-order valence-electron chi connectivity index (χ2n) is 7.38. The monoisotopic (exact) mass is 336 g/mol. The number of unbranched alkanes of at least 4 members (excludes halogenated alkanes) is 9. The maximum atomic E-state index is 6.85. The van der Waals surface area contributed by atoms with E-state index in [4.69, 9.17) is 11.6 Å². The lowest BCUT2D eigenvalue weighted by Gasteiger charge is -2.25. The largest absolute Gasteiger partial charge is 0.114 e. The molecule has 0 aliphatic heterocycles. The molecule has 0 N–H and O–H groups in total. The van der Waals surface area contributed by atoms with Crippen LogP contribution in [0.2, 0.25) is 0 Å². The summed E-state index contributed by atoms with van der Waals surface area (Å²) in [5.41, 5.74) is 4.02. The topological polar surface area (TPSA) is 0 Å². The van der Waals surface area contributed by atoms with Gasteiger partial charge in [-0.25, -0.2) is 0 Å². The van der Waals surface area contributed by atoms with Crippen LogP contribution >= 0.6 is 11.6 Å². The van der Waals surface area contributed by atoms with Crippen molar-refractivity contribution in [3.05, 3.63) is 34.9 Å². The lowest BCUT2D eigenvalue weighted by Crippen LogP contribution is -2.15. The number of hydrogen-bond donors (Lipinski definition) is 0. The summed E-state index contributed by atoms with van der Waals surface area (Å²) in [6.07, 6.45) is 14.9. The number of aryl methyl sites for hydroxylation is 1. The van der Waals surface area contributed by atoms with Crippen molar-refractivity contribution in [2.75, 3.05) is 0 Å². The van der Waals surface area contributed by atoms with Crippen LogP contribution in [-0.2, 0) is 4.87 Å². The molecule has 0 amide bonds. The molecule has 1 rings (SSSR count). The summed E-state index contributed by atoms with van der Waals surface area (Å²) < 4.78 is 0. The molecule has 1 aromatic rings. The summed E-state index contributed by atoms with van der Waals surface area (Å²) in [5, 5.41) is 0. The van der Waals surface area contributed by atoms with Gasteiger partial charge in [0.1, 0.15) is 0 Å². The average molecular weight is 337 g/mol. The van der Waals surface area contributed by atoms with Gasteiger partial charge in [-0.05, 0) is 43.9 Å². The first-order valence-corrected chi connectivity index (χ1v) is 10.1. The van der Waals surface area contributed by atoms with Crippen LogP contribution in [0.5, 0.6) is 0 Å². The molecule has 132 valence electrons. The lowest BCUT2D eigenvalue weighted by atomic mass is 9.89. The van der Waals surface area contributed by atoms with Crippen molar-refractivity contribution in [2.45, 2.75) is 103 Å². The van der Waals surface area contributed by atoms with E-state index >= 15 is 0 Å². The van der Waals surface area contributed by atoms with Crippen LogP contribution in [0.1, 0.15) is 101 Å². The summed E-state index contributed by atoms with van der Waals surface area (Å²) in [5.74, 6) is 0. The standard InChI is InChI=1S/C22H37Cl/c1-5-6-7-8-9-10-11-12-13-14-18-22(4,23)21-17-15-16-19(2)20(21)3/h15-17H,5-14,18H2,1-4H3. The summed E-state index contributed by atoms with van der Waals surface area (Å²) in [4.78, 5) is -0.212. The second-order valence-corrected chi connectivity index (χ2v) is 8.21. The summed E-state index contributed by atoms with van der Waals surface area (Å²) >= 11 is 6.85. The van der Waals surface area contributed by atoms with E-state index in [2.05, 4.69) is 45.9 Å². The second kappa shape index (κ2) is 11.1. The maximum Gasteiger partial charge on any atom is 0.0669 e. The zero-order valence-electron chi connectivity index (χ0n) is 15.9. The fraction of sp³-hybridized carbons (Fsp3) is 0.727. The zero-order valence-corrected chi connectivity index (χ0v) is 16.6. The van der Waals surface area contributed by atoms with E-state index in [1.165, 1.54) is 80.9 Å². The molecule has 0 saturated carbocycles. The van der Waals surface area contributed by atoms with Crippen LogP contribution in [0, 0.1) is 13.8 Å².